The van der Waals surface area contributed by atoms with E-state index in [-0.39, 0.29) is 29.9 Å². The summed E-state index contributed by atoms with van der Waals surface area (Å²) >= 11 is 0. The van der Waals surface area contributed by atoms with E-state index in [2.05, 4.69) is 5.32 Å². The van der Waals surface area contributed by atoms with Gasteiger partial charge in [-0.15, -0.1) is 0 Å². The minimum absolute atomic E-state index is 0.0732. The molecule has 1 fully saturated rings. The minimum atomic E-state index is -0.322. The maximum atomic E-state index is 13.1. The zero-order valence-electron chi connectivity index (χ0n) is 16.4. The van der Waals surface area contributed by atoms with Crippen molar-refractivity contribution in [3.05, 3.63) is 78.3 Å². The Kier molecular flexibility index (Phi) is 5.90. The second-order valence-electron chi connectivity index (χ2n) is 7.15. The Morgan fingerprint density at radius 1 is 0.900 bits per heavy atom. The molecule has 4 rings (SSSR count). The zero-order valence-corrected chi connectivity index (χ0v) is 16.4. The van der Waals surface area contributed by atoms with Crippen molar-refractivity contribution in [3.8, 4) is 11.3 Å². The number of furan rings is 1. The lowest BCUT2D eigenvalue weighted by Gasteiger charge is -2.33. The number of piperazine rings is 1. The number of amides is 2. The third kappa shape index (κ3) is 4.75. The van der Waals surface area contributed by atoms with Gasteiger partial charge in [0.2, 0.25) is 5.91 Å². The number of carbonyl (C=O) groups is 2. The molecule has 0 aliphatic carbocycles. The first-order valence-electron chi connectivity index (χ1n) is 9.81. The standard InChI is InChI=1S/C23H22FN3O3/c24-18-8-6-17(7-9-18)20-10-11-21(30-20)23(29)27-14-12-26(13-15-27)16-22(28)25-19-4-2-1-3-5-19/h1-11H,12-16H2,(H,25,28). The summed E-state index contributed by atoms with van der Waals surface area (Å²) in [5.74, 6) is 0.198. The number of rotatable bonds is 5. The van der Waals surface area contributed by atoms with Crippen molar-refractivity contribution < 1.29 is 18.4 Å². The van der Waals surface area contributed by atoms with Crippen LogP contribution >= 0.6 is 0 Å². The van der Waals surface area contributed by atoms with Crippen LogP contribution in [-0.2, 0) is 4.79 Å². The summed E-state index contributed by atoms with van der Waals surface area (Å²) in [6.45, 7) is 2.54. The maximum Gasteiger partial charge on any atom is 0.289 e. The number of anilines is 1. The fourth-order valence-corrected chi connectivity index (χ4v) is 3.41. The largest absolute Gasteiger partial charge is 0.451 e. The molecule has 2 amide bonds. The Labute approximate surface area is 173 Å². The summed E-state index contributed by atoms with van der Waals surface area (Å²) in [6, 6.07) is 18.6. The molecule has 0 bridgehead atoms. The van der Waals surface area contributed by atoms with E-state index >= 15 is 0 Å². The molecule has 1 aliphatic rings. The molecule has 1 N–H and O–H groups in total. The van der Waals surface area contributed by atoms with Crippen LogP contribution < -0.4 is 5.32 Å². The molecule has 6 nitrogen and oxygen atoms in total. The molecular formula is C23H22FN3O3. The quantitative estimate of drug-likeness (QED) is 0.703. The van der Waals surface area contributed by atoms with Gasteiger partial charge in [-0.2, -0.15) is 0 Å². The number of benzene rings is 2. The summed E-state index contributed by atoms with van der Waals surface area (Å²) in [5.41, 5.74) is 1.48. The van der Waals surface area contributed by atoms with Gasteiger partial charge in [-0.3, -0.25) is 14.5 Å². The molecule has 30 heavy (non-hydrogen) atoms. The Morgan fingerprint density at radius 2 is 1.60 bits per heavy atom. The average Bonchev–Trinajstić information content (AvgIpc) is 3.25. The second-order valence-corrected chi connectivity index (χ2v) is 7.15. The minimum Gasteiger partial charge on any atom is -0.451 e. The van der Waals surface area contributed by atoms with E-state index in [9.17, 15) is 14.0 Å². The fourth-order valence-electron chi connectivity index (χ4n) is 3.41. The summed E-state index contributed by atoms with van der Waals surface area (Å²) in [7, 11) is 0. The molecule has 1 aromatic heterocycles. The van der Waals surface area contributed by atoms with Crippen molar-refractivity contribution in [2.45, 2.75) is 0 Å². The molecule has 0 atom stereocenters. The fraction of sp³-hybridized carbons (Fsp3) is 0.217. The van der Waals surface area contributed by atoms with Crippen molar-refractivity contribution in [2.24, 2.45) is 0 Å². The highest BCUT2D eigenvalue weighted by Gasteiger charge is 2.25. The van der Waals surface area contributed by atoms with Crippen LogP contribution in [0, 0.1) is 5.82 Å². The van der Waals surface area contributed by atoms with E-state index < -0.39 is 0 Å². The van der Waals surface area contributed by atoms with Gasteiger partial charge in [0.25, 0.3) is 5.91 Å². The number of carbonyl (C=O) groups excluding carboxylic acids is 2. The number of hydrogen-bond donors (Lipinski definition) is 1. The Bertz CT molecular complexity index is 1010. The van der Waals surface area contributed by atoms with E-state index in [4.69, 9.17) is 4.42 Å². The first-order chi connectivity index (χ1) is 14.6. The van der Waals surface area contributed by atoms with Crippen molar-refractivity contribution in [1.82, 2.24) is 9.80 Å². The van der Waals surface area contributed by atoms with Gasteiger partial charge in [0, 0.05) is 37.4 Å². The lowest BCUT2D eigenvalue weighted by molar-refractivity contribution is -0.117. The van der Waals surface area contributed by atoms with Crippen LogP contribution in [0.1, 0.15) is 10.6 Å². The predicted octanol–water partition coefficient (Wildman–Crippen LogP) is 3.48. The van der Waals surface area contributed by atoms with E-state index in [1.165, 1.54) is 12.1 Å². The highest BCUT2D eigenvalue weighted by Crippen LogP contribution is 2.23. The van der Waals surface area contributed by atoms with E-state index in [1.807, 2.05) is 35.2 Å². The number of halogens is 1. The second kappa shape index (κ2) is 8.92. The van der Waals surface area contributed by atoms with Gasteiger partial charge in [-0.1, -0.05) is 18.2 Å². The Balaban J connectivity index is 1.29. The van der Waals surface area contributed by atoms with E-state index in [0.29, 0.717) is 37.5 Å². The highest BCUT2D eigenvalue weighted by molar-refractivity contribution is 5.93. The molecule has 0 saturated carbocycles. The van der Waals surface area contributed by atoms with Gasteiger partial charge in [0.05, 0.1) is 6.54 Å². The number of nitrogens with one attached hydrogen (secondary N) is 1. The van der Waals surface area contributed by atoms with Crippen molar-refractivity contribution >= 4 is 17.5 Å². The van der Waals surface area contributed by atoms with Crippen LogP contribution in [0.5, 0.6) is 0 Å². The summed E-state index contributed by atoms with van der Waals surface area (Å²) in [4.78, 5) is 28.7. The van der Waals surface area contributed by atoms with Gasteiger partial charge >= 0.3 is 0 Å². The van der Waals surface area contributed by atoms with Crippen molar-refractivity contribution in [3.63, 3.8) is 0 Å². The van der Waals surface area contributed by atoms with Gasteiger partial charge in [0.15, 0.2) is 5.76 Å². The molecule has 7 heteroatoms. The van der Waals surface area contributed by atoms with Crippen LogP contribution in [0.15, 0.2) is 71.1 Å². The first-order valence-corrected chi connectivity index (χ1v) is 9.81. The van der Waals surface area contributed by atoms with Crippen LogP contribution in [0.3, 0.4) is 0 Å². The van der Waals surface area contributed by atoms with Gasteiger partial charge in [-0.25, -0.2) is 4.39 Å². The SMILES string of the molecule is O=C(CN1CCN(C(=O)c2ccc(-c3ccc(F)cc3)o2)CC1)Nc1ccccc1. The van der Waals surface area contributed by atoms with Crippen LogP contribution in [0.25, 0.3) is 11.3 Å². The molecule has 2 aromatic carbocycles. The molecule has 1 saturated heterocycles. The van der Waals surface area contributed by atoms with Crippen LogP contribution in [-0.4, -0.2) is 54.3 Å². The number of hydrogen-bond acceptors (Lipinski definition) is 4. The third-order valence-electron chi connectivity index (χ3n) is 5.03. The number of nitrogens with zero attached hydrogens (tertiary/aromatic N) is 2. The smallest absolute Gasteiger partial charge is 0.289 e. The summed E-state index contributed by atoms with van der Waals surface area (Å²) < 4.78 is 18.8. The molecule has 0 radical (unpaired) electrons. The average molecular weight is 407 g/mol. The van der Waals surface area contributed by atoms with Gasteiger partial charge < -0.3 is 14.6 Å². The van der Waals surface area contributed by atoms with Crippen LogP contribution in [0.4, 0.5) is 10.1 Å². The summed E-state index contributed by atoms with van der Waals surface area (Å²) in [6.07, 6.45) is 0. The van der Waals surface area contributed by atoms with Crippen molar-refractivity contribution in [2.75, 3.05) is 38.0 Å². The lowest BCUT2D eigenvalue weighted by atomic mass is 10.2. The Hall–Kier alpha value is -3.45. The molecular weight excluding hydrogens is 385 g/mol. The van der Waals surface area contributed by atoms with Crippen LogP contribution in [0.2, 0.25) is 0 Å². The lowest BCUT2D eigenvalue weighted by Crippen LogP contribution is -2.50. The van der Waals surface area contributed by atoms with E-state index in [0.717, 1.165) is 5.69 Å². The van der Waals surface area contributed by atoms with Gasteiger partial charge in [0.1, 0.15) is 11.6 Å². The molecule has 3 aromatic rings. The van der Waals surface area contributed by atoms with Crippen molar-refractivity contribution in [1.29, 1.82) is 0 Å². The summed E-state index contributed by atoms with van der Waals surface area (Å²) in [5, 5.41) is 2.87. The maximum absolute atomic E-state index is 13.1. The molecule has 2 heterocycles. The normalized spacial score (nSPS) is 14.5. The monoisotopic (exact) mass is 407 g/mol. The first kappa shape index (κ1) is 19.8. The third-order valence-corrected chi connectivity index (χ3v) is 5.03. The van der Waals surface area contributed by atoms with E-state index in [1.54, 1.807) is 29.2 Å². The number of para-hydroxylation sites is 1. The zero-order chi connectivity index (χ0) is 20.9. The molecule has 0 spiro atoms. The molecule has 154 valence electrons. The molecule has 1 aliphatic heterocycles. The topological polar surface area (TPSA) is 65.8 Å². The molecule has 0 unspecified atom stereocenters. The highest BCUT2D eigenvalue weighted by atomic mass is 19.1. The van der Waals surface area contributed by atoms with Gasteiger partial charge in [-0.05, 0) is 48.5 Å². The predicted molar refractivity (Wildman–Crippen MR) is 112 cm³/mol. The Morgan fingerprint density at radius 3 is 2.30 bits per heavy atom.